The van der Waals surface area contributed by atoms with Gasteiger partial charge in [-0.2, -0.15) is 0 Å². The number of ether oxygens (including phenoxy) is 1. The van der Waals surface area contributed by atoms with E-state index in [2.05, 4.69) is 50.1 Å². The molecule has 1 aliphatic heterocycles. The van der Waals surface area contributed by atoms with E-state index >= 15 is 0 Å². The number of fused-ring (bicyclic) bond motifs is 3. The smallest absolute Gasteiger partial charge is 0.227 e. The zero-order valence-corrected chi connectivity index (χ0v) is 17.3. The fourth-order valence-corrected chi connectivity index (χ4v) is 4.29. The van der Waals surface area contributed by atoms with Crippen molar-refractivity contribution in [3.05, 3.63) is 95.5 Å². The minimum Gasteiger partial charge on any atom is -0.453 e. The van der Waals surface area contributed by atoms with Gasteiger partial charge in [0.1, 0.15) is 5.52 Å². The van der Waals surface area contributed by atoms with Crippen molar-refractivity contribution >= 4 is 44.1 Å². The van der Waals surface area contributed by atoms with Crippen molar-refractivity contribution in [2.24, 2.45) is 0 Å². The third-order valence-corrected chi connectivity index (χ3v) is 5.57. The van der Waals surface area contributed by atoms with Crippen LogP contribution >= 0.6 is 15.9 Å². The average Bonchev–Trinajstić information content (AvgIpc) is 3.21. The standard InChI is InChI=1S/C25H15BrN2O2/c26-17-13-16(25-27-19-7-1-4-10-22(19)30-25)14-18(15-17)28-20-8-2-5-11-23(20)29-24-12-6-3-9-21(24)28/h1-15H. The zero-order chi connectivity index (χ0) is 20.1. The van der Waals surface area contributed by atoms with Crippen molar-refractivity contribution in [2.75, 3.05) is 4.90 Å². The summed E-state index contributed by atoms with van der Waals surface area (Å²) in [5.41, 5.74) is 5.48. The van der Waals surface area contributed by atoms with E-state index in [0.717, 1.165) is 49.7 Å². The van der Waals surface area contributed by atoms with Crippen LogP contribution in [0.4, 0.5) is 17.1 Å². The van der Waals surface area contributed by atoms with Gasteiger partial charge in [0.15, 0.2) is 17.1 Å². The topological polar surface area (TPSA) is 38.5 Å². The van der Waals surface area contributed by atoms with Crippen LogP contribution in [-0.2, 0) is 0 Å². The fourth-order valence-electron chi connectivity index (χ4n) is 3.81. The zero-order valence-electron chi connectivity index (χ0n) is 15.7. The van der Waals surface area contributed by atoms with E-state index in [1.807, 2.05) is 66.7 Å². The van der Waals surface area contributed by atoms with Gasteiger partial charge in [0.2, 0.25) is 5.89 Å². The second-order valence-corrected chi connectivity index (χ2v) is 7.97. The molecule has 4 nitrogen and oxygen atoms in total. The number of halogens is 1. The van der Waals surface area contributed by atoms with Gasteiger partial charge < -0.3 is 14.1 Å². The lowest BCUT2D eigenvalue weighted by molar-refractivity contribution is 0.477. The predicted octanol–water partition coefficient (Wildman–Crippen LogP) is 7.83. The van der Waals surface area contributed by atoms with Crippen LogP contribution in [0.3, 0.4) is 0 Å². The molecule has 0 saturated carbocycles. The van der Waals surface area contributed by atoms with Crippen LogP contribution < -0.4 is 9.64 Å². The Morgan fingerprint density at radius 3 is 2.13 bits per heavy atom. The van der Waals surface area contributed by atoms with Crippen molar-refractivity contribution in [2.45, 2.75) is 0 Å². The van der Waals surface area contributed by atoms with E-state index in [9.17, 15) is 0 Å². The normalized spacial score (nSPS) is 12.4. The molecule has 0 atom stereocenters. The quantitative estimate of drug-likeness (QED) is 0.267. The lowest BCUT2D eigenvalue weighted by Crippen LogP contribution is -2.15. The number of anilines is 3. The van der Waals surface area contributed by atoms with Crippen molar-refractivity contribution in [3.63, 3.8) is 0 Å². The number of oxazole rings is 1. The van der Waals surface area contributed by atoms with Gasteiger partial charge in [-0.05, 0) is 54.6 Å². The van der Waals surface area contributed by atoms with Crippen LogP contribution in [0.5, 0.6) is 11.5 Å². The van der Waals surface area contributed by atoms with Crippen molar-refractivity contribution in [1.82, 2.24) is 4.98 Å². The summed E-state index contributed by atoms with van der Waals surface area (Å²) >= 11 is 3.67. The Balaban J connectivity index is 1.55. The summed E-state index contributed by atoms with van der Waals surface area (Å²) in [7, 11) is 0. The van der Waals surface area contributed by atoms with Gasteiger partial charge in [0.05, 0.1) is 11.4 Å². The lowest BCUT2D eigenvalue weighted by atomic mass is 10.1. The molecular weight excluding hydrogens is 440 g/mol. The molecule has 0 amide bonds. The highest BCUT2D eigenvalue weighted by Crippen LogP contribution is 2.50. The summed E-state index contributed by atoms with van der Waals surface area (Å²) in [6, 6.07) is 30.1. The van der Waals surface area contributed by atoms with E-state index in [0.29, 0.717) is 5.89 Å². The Labute approximate surface area is 181 Å². The second-order valence-electron chi connectivity index (χ2n) is 7.06. The first kappa shape index (κ1) is 17.3. The number of nitrogens with zero attached hydrogens (tertiary/aromatic N) is 2. The Morgan fingerprint density at radius 2 is 1.40 bits per heavy atom. The molecule has 0 saturated heterocycles. The van der Waals surface area contributed by atoms with Gasteiger partial charge >= 0.3 is 0 Å². The monoisotopic (exact) mass is 454 g/mol. The van der Waals surface area contributed by atoms with Crippen LogP contribution in [0.2, 0.25) is 0 Å². The van der Waals surface area contributed by atoms with Crippen LogP contribution in [0.15, 0.2) is 99.9 Å². The molecule has 0 unspecified atom stereocenters. The van der Waals surface area contributed by atoms with Crippen LogP contribution in [0.25, 0.3) is 22.6 Å². The summed E-state index contributed by atoms with van der Waals surface area (Å²) in [5.74, 6) is 2.23. The highest BCUT2D eigenvalue weighted by Gasteiger charge is 2.26. The Bertz CT molecular complexity index is 1330. The highest BCUT2D eigenvalue weighted by atomic mass is 79.9. The molecule has 1 aliphatic rings. The van der Waals surface area contributed by atoms with Gasteiger partial charge in [-0.3, -0.25) is 0 Å². The highest BCUT2D eigenvalue weighted by molar-refractivity contribution is 9.10. The lowest BCUT2D eigenvalue weighted by Gasteiger charge is -2.33. The molecule has 0 N–H and O–H groups in total. The van der Waals surface area contributed by atoms with Gasteiger partial charge in [-0.1, -0.05) is 52.3 Å². The summed E-state index contributed by atoms with van der Waals surface area (Å²) in [6.45, 7) is 0. The van der Waals surface area contributed by atoms with Crippen LogP contribution in [0.1, 0.15) is 0 Å². The molecular formula is C25H15BrN2O2. The minimum atomic E-state index is 0.591. The average molecular weight is 455 g/mol. The molecule has 144 valence electrons. The molecule has 0 aliphatic carbocycles. The van der Waals surface area contributed by atoms with E-state index < -0.39 is 0 Å². The van der Waals surface area contributed by atoms with Gasteiger partial charge in [-0.15, -0.1) is 0 Å². The fraction of sp³-hybridized carbons (Fsp3) is 0. The van der Waals surface area contributed by atoms with E-state index in [4.69, 9.17) is 9.15 Å². The van der Waals surface area contributed by atoms with E-state index in [1.165, 1.54) is 0 Å². The maximum Gasteiger partial charge on any atom is 0.227 e. The van der Waals surface area contributed by atoms with Crippen molar-refractivity contribution in [1.29, 1.82) is 0 Å². The molecule has 0 bridgehead atoms. The molecule has 2 heterocycles. The molecule has 0 radical (unpaired) electrons. The minimum absolute atomic E-state index is 0.591. The summed E-state index contributed by atoms with van der Waals surface area (Å²) in [5, 5.41) is 0. The molecule has 0 fully saturated rings. The number of hydrogen-bond donors (Lipinski definition) is 0. The summed E-state index contributed by atoms with van der Waals surface area (Å²) in [4.78, 5) is 6.87. The molecule has 5 heteroatoms. The van der Waals surface area contributed by atoms with Gasteiger partial charge in [-0.25, -0.2) is 4.98 Å². The first-order chi connectivity index (χ1) is 14.8. The SMILES string of the molecule is Brc1cc(-c2nc3ccccc3o2)cc(N2c3ccccc3Oc3ccccc32)c1. The Morgan fingerprint density at radius 1 is 0.733 bits per heavy atom. The molecule has 5 aromatic rings. The first-order valence-electron chi connectivity index (χ1n) is 9.59. The molecule has 6 rings (SSSR count). The molecule has 30 heavy (non-hydrogen) atoms. The van der Waals surface area contributed by atoms with Gasteiger partial charge in [0, 0.05) is 15.7 Å². The Kier molecular flexibility index (Phi) is 3.89. The maximum atomic E-state index is 6.13. The summed E-state index contributed by atoms with van der Waals surface area (Å²) < 4.78 is 13.1. The van der Waals surface area contributed by atoms with Crippen molar-refractivity contribution in [3.8, 4) is 23.0 Å². The Hall–Kier alpha value is -3.57. The molecule has 1 aromatic heterocycles. The van der Waals surface area contributed by atoms with Gasteiger partial charge in [0.25, 0.3) is 0 Å². The largest absolute Gasteiger partial charge is 0.453 e. The first-order valence-corrected chi connectivity index (χ1v) is 10.4. The third kappa shape index (κ3) is 2.78. The number of rotatable bonds is 2. The van der Waals surface area contributed by atoms with Crippen LogP contribution in [-0.4, -0.2) is 4.98 Å². The maximum absolute atomic E-state index is 6.13. The van der Waals surface area contributed by atoms with E-state index in [-0.39, 0.29) is 0 Å². The van der Waals surface area contributed by atoms with Crippen LogP contribution in [0, 0.1) is 0 Å². The van der Waals surface area contributed by atoms with Crippen molar-refractivity contribution < 1.29 is 9.15 Å². The second kappa shape index (κ2) is 6.75. The summed E-state index contributed by atoms with van der Waals surface area (Å²) in [6.07, 6.45) is 0. The molecule has 4 aromatic carbocycles. The predicted molar refractivity (Wildman–Crippen MR) is 122 cm³/mol. The number of benzene rings is 4. The van der Waals surface area contributed by atoms with E-state index in [1.54, 1.807) is 0 Å². The number of hydrogen-bond acceptors (Lipinski definition) is 4. The third-order valence-electron chi connectivity index (χ3n) is 5.11. The number of para-hydroxylation sites is 6. The number of aromatic nitrogens is 1. The molecule has 0 spiro atoms.